The highest BCUT2D eigenvalue weighted by Crippen LogP contribution is 2.22. The highest BCUT2D eigenvalue weighted by atomic mass is 16.1. The van der Waals surface area contributed by atoms with Gasteiger partial charge in [0.15, 0.2) is 0 Å². The number of rotatable bonds is 5. The first kappa shape index (κ1) is 13.5. The van der Waals surface area contributed by atoms with E-state index in [1.165, 1.54) is 25.7 Å². The first-order valence-corrected chi connectivity index (χ1v) is 6.43. The highest BCUT2D eigenvalue weighted by Gasteiger charge is 2.26. The molecule has 1 amide bonds. The summed E-state index contributed by atoms with van der Waals surface area (Å²) in [5.41, 5.74) is 11.1. The smallest absolute Gasteiger partial charge is 0.219 e. The summed E-state index contributed by atoms with van der Waals surface area (Å²) in [6.45, 7) is 3.80. The molecule has 0 bridgehead atoms. The molecule has 2 unspecified atom stereocenters. The van der Waals surface area contributed by atoms with Crippen molar-refractivity contribution in [2.75, 3.05) is 13.1 Å². The fourth-order valence-electron chi connectivity index (χ4n) is 2.69. The predicted octanol–water partition coefficient (Wildman–Crippen LogP) is 0.844. The number of nitrogens with zero attached hydrogens (tertiary/aromatic N) is 1. The van der Waals surface area contributed by atoms with Crippen molar-refractivity contribution in [3.05, 3.63) is 0 Å². The molecule has 2 atom stereocenters. The largest absolute Gasteiger partial charge is 0.370 e. The van der Waals surface area contributed by atoms with Crippen LogP contribution >= 0.6 is 0 Å². The molecule has 0 aromatic heterocycles. The van der Waals surface area contributed by atoms with E-state index in [4.69, 9.17) is 11.5 Å². The molecule has 0 radical (unpaired) electrons. The Hall–Kier alpha value is -0.610. The van der Waals surface area contributed by atoms with Gasteiger partial charge in [-0.1, -0.05) is 19.8 Å². The monoisotopic (exact) mass is 227 g/mol. The SMILES string of the molecule is CCC1CCCCCN1C(CN)CC(N)=O. The van der Waals surface area contributed by atoms with Crippen molar-refractivity contribution in [2.45, 2.75) is 57.5 Å². The van der Waals surface area contributed by atoms with Gasteiger partial charge in [0.25, 0.3) is 0 Å². The molecular formula is C12H25N3O. The van der Waals surface area contributed by atoms with Gasteiger partial charge in [0.1, 0.15) is 0 Å². The number of primary amides is 1. The van der Waals surface area contributed by atoms with E-state index < -0.39 is 0 Å². The maximum atomic E-state index is 11.0. The molecular weight excluding hydrogens is 202 g/mol. The maximum Gasteiger partial charge on any atom is 0.219 e. The molecule has 0 aromatic rings. The lowest BCUT2D eigenvalue weighted by atomic mass is 10.0. The Kier molecular flexibility index (Phi) is 5.77. The average Bonchev–Trinajstić information content (AvgIpc) is 2.50. The quantitative estimate of drug-likeness (QED) is 0.731. The van der Waals surface area contributed by atoms with Crippen molar-refractivity contribution in [1.29, 1.82) is 0 Å². The first-order valence-electron chi connectivity index (χ1n) is 6.43. The third-order valence-corrected chi connectivity index (χ3v) is 3.57. The highest BCUT2D eigenvalue weighted by molar-refractivity contribution is 5.74. The number of carbonyl (C=O) groups is 1. The summed E-state index contributed by atoms with van der Waals surface area (Å²) in [5.74, 6) is -0.241. The molecule has 1 heterocycles. The lowest BCUT2D eigenvalue weighted by Gasteiger charge is -2.35. The van der Waals surface area contributed by atoms with Crippen LogP contribution in [0.3, 0.4) is 0 Å². The van der Waals surface area contributed by atoms with E-state index in [1.807, 2.05) is 0 Å². The van der Waals surface area contributed by atoms with Crippen LogP contribution in [0.5, 0.6) is 0 Å². The normalized spacial score (nSPS) is 25.0. The lowest BCUT2D eigenvalue weighted by Crippen LogP contribution is -2.48. The van der Waals surface area contributed by atoms with E-state index in [0.717, 1.165) is 13.0 Å². The lowest BCUT2D eigenvalue weighted by molar-refractivity contribution is -0.119. The molecule has 0 aliphatic carbocycles. The summed E-state index contributed by atoms with van der Waals surface area (Å²) in [6, 6.07) is 0.718. The van der Waals surface area contributed by atoms with Crippen molar-refractivity contribution >= 4 is 5.91 Å². The van der Waals surface area contributed by atoms with Crippen LogP contribution < -0.4 is 11.5 Å². The Morgan fingerprint density at radius 2 is 2.19 bits per heavy atom. The van der Waals surface area contributed by atoms with E-state index in [1.54, 1.807) is 0 Å². The summed E-state index contributed by atoms with van der Waals surface area (Å²) in [5, 5.41) is 0. The molecule has 4 nitrogen and oxygen atoms in total. The topological polar surface area (TPSA) is 72.3 Å². The number of nitrogens with two attached hydrogens (primary N) is 2. The van der Waals surface area contributed by atoms with Crippen molar-refractivity contribution in [3.8, 4) is 0 Å². The van der Waals surface area contributed by atoms with E-state index >= 15 is 0 Å². The Labute approximate surface area is 98.3 Å². The maximum absolute atomic E-state index is 11.0. The molecule has 1 aliphatic heterocycles. The molecule has 1 aliphatic rings. The average molecular weight is 227 g/mol. The molecule has 16 heavy (non-hydrogen) atoms. The first-order chi connectivity index (χ1) is 7.69. The van der Waals surface area contributed by atoms with Crippen LogP contribution in [0.4, 0.5) is 0 Å². The van der Waals surface area contributed by atoms with Gasteiger partial charge in [-0.25, -0.2) is 0 Å². The molecule has 1 saturated heterocycles. The minimum atomic E-state index is -0.241. The number of hydrogen-bond acceptors (Lipinski definition) is 3. The zero-order valence-electron chi connectivity index (χ0n) is 10.3. The Bertz CT molecular complexity index is 220. The molecule has 4 heteroatoms. The van der Waals surface area contributed by atoms with Gasteiger partial charge >= 0.3 is 0 Å². The van der Waals surface area contributed by atoms with Gasteiger partial charge in [0.05, 0.1) is 0 Å². The number of hydrogen-bond donors (Lipinski definition) is 2. The van der Waals surface area contributed by atoms with Crippen LogP contribution in [0.2, 0.25) is 0 Å². The van der Waals surface area contributed by atoms with Crippen LogP contribution in [-0.2, 0) is 4.79 Å². The summed E-state index contributed by atoms with van der Waals surface area (Å²) in [7, 11) is 0. The number of amides is 1. The molecule has 1 rings (SSSR count). The van der Waals surface area contributed by atoms with Gasteiger partial charge in [-0.2, -0.15) is 0 Å². The van der Waals surface area contributed by atoms with Crippen LogP contribution in [0, 0.1) is 0 Å². The Morgan fingerprint density at radius 1 is 1.44 bits per heavy atom. The third kappa shape index (κ3) is 3.76. The third-order valence-electron chi connectivity index (χ3n) is 3.57. The molecule has 94 valence electrons. The standard InChI is InChI=1S/C12H25N3O/c1-2-10-6-4-3-5-7-15(10)11(9-13)8-12(14)16/h10-11H,2-9,13H2,1H3,(H2,14,16). The zero-order chi connectivity index (χ0) is 12.0. The fraction of sp³-hybridized carbons (Fsp3) is 0.917. The molecule has 0 saturated carbocycles. The van der Waals surface area contributed by atoms with Gasteiger partial charge in [0, 0.05) is 25.0 Å². The zero-order valence-corrected chi connectivity index (χ0v) is 10.3. The van der Waals surface area contributed by atoms with Crippen molar-refractivity contribution in [3.63, 3.8) is 0 Å². The van der Waals surface area contributed by atoms with Crippen LogP contribution in [0.25, 0.3) is 0 Å². The van der Waals surface area contributed by atoms with Crippen molar-refractivity contribution in [1.82, 2.24) is 4.90 Å². The van der Waals surface area contributed by atoms with Crippen molar-refractivity contribution < 1.29 is 4.79 Å². The number of carbonyl (C=O) groups excluding carboxylic acids is 1. The summed E-state index contributed by atoms with van der Waals surface area (Å²) < 4.78 is 0. The van der Waals surface area contributed by atoms with Gasteiger partial charge in [-0.15, -0.1) is 0 Å². The Balaban J connectivity index is 2.65. The summed E-state index contributed by atoms with van der Waals surface area (Å²) in [6.07, 6.45) is 6.56. The van der Waals surface area contributed by atoms with Gasteiger partial charge < -0.3 is 11.5 Å². The second-order valence-corrected chi connectivity index (χ2v) is 4.71. The minimum Gasteiger partial charge on any atom is -0.370 e. The minimum absolute atomic E-state index is 0.139. The summed E-state index contributed by atoms with van der Waals surface area (Å²) >= 11 is 0. The summed E-state index contributed by atoms with van der Waals surface area (Å²) in [4.78, 5) is 13.4. The van der Waals surface area contributed by atoms with Gasteiger partial charge in [-0.3, -0.25) is 9.69 Å². The van der Waals surface area contributed by atoms with E-state index in [9.17, 15) is 4.79 Å². The van der Waals surface area contributed by atoms with Crippen molar-refractivity contribution in [2.24, 2.45) is 11.5 Å². The molecule has 1 fully saturated rings. The second-order valence-electron chi connectivity index (χ2n) is 4.71. The van der Waals surface area contributed by atoms with E-state index in [-0.39, 0.29) is 11.9 Å². The van der Waals surface area contributed by atoms with Crippen LogP contribution in [0.1, 0.15) is 45.4 Å². The molecule has 0 spiro atoms. The predicted molar refractivity (Wildman–Crippen MR) is 65.9 cm³/mol. The molecule has 0 aromatic carbocycles. The van der Waals surface area contributed by atoms with Gasteiger partial charge in [-0.05, 0) is 25.8 Å². The fourth-order valence-corrected chi connectivity index (χ4v) is 2.69. The Morgan fingerprint density at radius 3 is 2.75 bits per heavy atom. The van der Waals surface area contributed by atoms with E-state index in [0.29, 0.717) is 19.0 Å². The second kappa shape index (κ2) is 6.86. The number of likely N-dealkylation sites (tertiary alicyclic amines) is 1. The van der Waals surface area contributed by atoms with Gasteiger partial charge in [0.2, 0.25) is 5.91 Å². The van der Waals surface area contributed by atoms with Crippen LogP contribution in [0.15, 0.2) is 0 Å². The molecule has 4 N–H and O–H groups in total. The van der Waals surface area contributed by atoms with Crippen LogP contribution in [-0.4, -0.2) is 36.0 Å². The van der Waals surface area contributed by atoms with E-state index in [2.05, 4.69) is 11.8 Å².